The van der Waals surface area contributed by atoms with E-state index < -0.39 is 0 Å². The lowest BCUT2D eigenvalue weighted by atomic mass is 9.84. The summed E-state index contributed by atoms with van der Waals surface area (Å²) < 4.78 is 0. The molecule has 2 saturated heterocycles. The first-order valence-corrected chi connectivity index (χ1v) is 8.13. The van der Waals surface area contributed by atoms with E-state index in [9.17, 15) is 0 Å². The van der Waals surface area contributed by atoms with Crippen molar-refractivity contribution in [2.24, 2.45) is 5.41 Å². The first-order valence-electron chi connectivity index (χ1n) is 8.13. The van der Waals surface area contributed by atoms with Crippen LogP contribution in [0.3, 0.4) is 0 Å². The average Bonchev–Trinajstić information content (AvgIpc) is 2.38. The van der Waals surface area contributed by atoms with Crippen LogP contribution in [-0.4, -0.2) is 60.6 Å². The van der Waals surface area contributed by atoms with E-state index in [2.05, 4.69) is 49.7 Å². The van der Waals surface area contributed by atoms with E-state index in [1.54, 1.807) is 0 Å². The molecule has 19 heavy (non-hydrogen) atoms. The van der Waals surface area contributed by atoms with E-state index in [1.165, 1.54) is 39.0 Å². The molecule has 112 valence electrons. The van der Waals surface area contributed by atoms with E-state index >= 15 is 0 Å². The van der Waals surface area contributed by atoms with E-state index in [0.29, 0.717) is 17.5 Å². The van der Waals surface area contributed by atoms with Gasteiger partial charge in [0.05, 0.1) is 0 Å². The van der Waals surface area contributed by atoms with Gasteiger partial charge < -0.3 is 10.2 Å². The Morgan fingerprint density at radius 1 is 1.21 bits per heavy atom. The molecule has 2 aliphatic heterocycles. The molecule has 3 atom stereocenters. The second-order valence-electron chi connectivity index (χ2n) is 7.56. The Kier molecular flexibility index (Phi) is 4.91. The summed E-state index contributed by atoms with van der Waals surface area (Å²) in [4.78, 5) is 5.41. The maximum atomic E-state index is 3.75. The van der Waals surface area contributed by atoms with Crippen LogP contribution in [0, 0.1) is 5.41 Å². The Morgan fingerprint density at radius 3 is 2.58 bits per heavy atom. The molecular formula is C16H33N3. The Balaban J connectivity index is 2.00. The standard InChI is InChI=1S/C16H33N3/c1-6-18-9-7-8-14(11-18)19-12-15(16(3,4)5)17-10-13(19)2/h13-15,17H,6-12H2,1-5H3. The van der Waals surface area contributed by atoms with Gasteiger partial charge in [-0.05, 0) is 38.3 Å². The van der Waals surface area contributed by atoms with Gasteiger partial charge in [-0.15, -0.1) is 0 Å². The summed E-state index contributed by atoms with van der Waals surface area (Å²) >= 11 is 0. The number of likely N-dealkylation sites (tertiary alicyclic amines) is 1. The summed E-state index contributed by atoms with van der Waals surface area (Å²) in [7, 11) is 0. The average molecular weight is 267 g/mol. The molecule has 0 saturated carbocycles. The molecule has 2 rings (SSSR count). The van der Waals surface area contributed by atoms with Crippen molar-refractivity contribution >= 4 is 0 Å². The summed E-state index contributed by atoms with van der Waals surface area (Å²) in [6, 6.07) is 2.08. The third-order valence-corrected chi connectivity index (χ3v) is 5.06. The van der Waals surface area contributed by atoms with Crippen molar-refractivity contribution in [3.05, 3.63) is 0 Å². The van der Waals surface area contributed by atoms with E-state index in [1.807, 2.05) is 0 Å². The largest absolute Gasteiger partial charge is 0.311 e. The Morgan fingerprint density at radius 2 is 1.95 bits per heavy atom. The quantitative estimate of drug-likeness (QED) is 0.827. The van der Waals surface area contributed by atoms with Gasteiger partial charge in [0, 0.05) is 37.8 Å². The third kappa shape index (κ3) is 3.71. The number of likely N-dealkylation sites (N-methyl/N-ethyl adjacent to an activating group) is 1. The van der Waals surface area contributed by atoms with Gasteiger partial charge in [0.15, 0.2) is 0 Å². The van der Waals surface area contributed by atoms with Crippen LogP contribution < -0.4 is 5.32 Å². The molecule has 1 N–H and O–H groups in total. The number of nitrogens with one attached hydrogen (secondary N) is 1. The highest BCUT2D eigenvalue weighted by Crippen LogP contribution is 2.27. The molecule has 3 heteroatoms. The highest BCUT2D eigenvalue weighted by atomic mass is 15.3. The summed E-state index contributed by atoms with van der Waals surface area (Å²) in [5.74, 6) is 0. The zero-order valence-corrected chi connectivity index (χ0v) is 13.6. The lowest BCUT2D eigenvalue weighted by Gasteiger charge is -2.49. The van der Waals surface area contributed by atoms with Crippen molar-refractivity contribution in [3.63, 3.8) is 0 Å². The van der Waals surface area contributed by atoms with Crippen LogP contribution in [0.5, 0.6) is 0 Å². The zero-order chi connectivity index (χ0) is 14.0. The molecule has 2 heterocycles. The normalized spacial score (nSPS) is 35.5. The van der Waals surface area contributed by atoms with Crippen molar-refractivity contribution in [2.45, 2.75) is 65.6 Å². The summed E-state index contributed by atoms with van der Waals surface area (Å²) in [5, 5.41) is 3.75. The molecule has 3 nitrogen and oxygen atoms in total. The van der Waals surface area contributed by atoms with E-state index in [-0.39, 0.29) is 0 Å². The predicted octanol–water partition coefficient (Wildman–Crippen LogP) is 2.18. The van der Waals surface area contributed by atoms with Gasteiger partial charge in [0.25, 0.3) is 0 Å². The van der Waals surface area contributed by atoms with Crippen molar-refractivity contribution < 1.29 is 0 Å². The van der Waals surface area contributed by atoms with E-state index in [4.69, 9.17) is 0 Å². The minimum atomic E-state index is 0.359. The van der Waals surface area contributed by atoms with Gasteiger partial charge in [-0.2, -0.15) is 0 Å². The van der Waals surface area contributed by atoms with Gasteiger partial charge in [-0.25, -0.2) is 0 Å². The molecule has 0 radical (unpaired) electrons. The molecule has 2 aliphatic rings. The summed E-state index contributed by atoms with van der Waals surface area (Å²) in [6.07, 6.45) is 2.76. The number of piperazine rings is 1. The Bertz CT molecular complexity index is 284. The van der Waals surface area contributed by atoms with Gasteiger partial charge in [-0.3, -0.25) is 4.90 Å². The van der Waals surface area contributed by atoms with Gasteiger partial charge in [0.1, 0.15) is 0 Å². The molecule has 2 fully saturated rings. The predicted molar refractivity (Wildman–Crippen MR) is 82.5 cm³/mol. The molecule has 0 amide bonds. The number of hydrogen-bond donors (Lipinski definition) is 1. The van der Waals surface area contributed by atoms with Crippen molar-refractivity contribution in [3.8, 4) is 0 Å². The fourth-order valence-corrected chi connectivity index (χ4v) is 3.56. The van der Waals surface area contributed by atoms with Crippen LogP contribution in [0.25, 0.3) is 0 Å². The van der Waals surface area contributed by atoms with Crippen LogP contribution >= 0.6 is 0 Å². The maximum Gasteiger partial charge on any atom is 0.0244 e. The molecule has 0 spiro atoms. The van der Waals surface area contributed by atoms with Crippen LogP contribution in [0.1, 0.15) is 47.5 Å². The zero-order valence-electron chi connectivity index (χ0n) is 13.6. The SMILES string of the molecule is CCN1CCCC(N2CC(C(C)(C)C)NCC2C)C1. The van der Waals surface area contributed by atoms with Gasteiger partial charge >= 0.3 is 0 Å². The van der Waals surface area contributed by atoms with E-state index in [0.717, 1.165) is 12.6 Å². The molecule has 0 aromatic heterocycles. The van der Waals surface area contributed by atoms with Gasteiger partial charge in [-0.1, -0.05) is 27.7 Å². The smallest absolute Gasteiger partial charge is 0.0244 e. The molecule has 0 bridgehead atoms. The number of hydrogen-bond acceptors (Lipinski definition) is 3. The van der Waals surface area contributed by atoms with Crippen LogP contribution in [0.2, 0.25) is 0 Å². The second-order valence-corrected chi connectivity index (χ2v) is 7.56. The van der Waals surface area contributed by atoms with Crippen molar-refractivity contribution in [2.75, 3.05) is 32.7 Å². The van der Waals surface area contributed by atoms with Gasteiger partial charge in [0.2, 0.25) is 0 Å². The Hall–Kier alpha value is -0.120. The fourth-order valence-electron chi connectivity index (χ4n) is 3.56. The molecule has 0 aromatic carbocycles. The number of rotatable bonds is 2. The maximum absolute atomic E-state index is 3.75. The lowest BCUT2D eigenvalue weighted by molar-refractivity contribution is 0.0232. The first-order chi connectivity index (χ1) is 8.91. The van der Waals surface area contributed by atoms with Crippen molar-refractivity contribution in [1.82, 2.24) is 15.1 Å². The van der Waals surface area contributed by atoms with Crippen molar-refractivity contribution in [1.29, 1.82) is 0 Å². The summed E-state index contributed by atoms with van der Waals surface area (Å²) in [6.45, 7) is 17.9. The monoisotopic (exact) mass is 267 g/mol. The molecule has 3 unspecified atom stereocenters. The molecular weight excluding hydrogens is 234 g/mol. The number of piperidine rings is 1. The molecule has 0 aromatic rings. The Labute approximate surface area is 119 Å². The topological polar surface area (TPSA) is 18.5 Å². The van der Waals surface area contributed by atoms with Crippen LogP contribution in [0.4, 0.5) is 0 Å². The molecule has 0 aliphatic carbocycles. The number of nitrogens with zero attached hydrogens (tertiary/aromatic N) is 2. The van der Waals surface area contributed by atoms with Crippen LogP contribution in [0.15, 0.2) is 0 Å². The summed E-state index contributed by atoms with van der Waals surface area (Å²) in [5.41, 5.74) is 0.359. The third-order valence-electron chi connectivity index (χ3n) is 5.06. The first kappa shape index (κ1) is 15.3. The minimum absolute atomic E-state index is 0.359. The van der Waals surface area contributed by atoms with Crippen LogP contribution in [-0.2, 0) is 0 Å². The lowest BCUT2D eigenvalue weighted by Crippen LogP contribution is -2.63. The second kappa shape index (κ2) is 6.11. The highest BCUT2D eigenvalue weighted by Gasteiger charge is 2.36. The minimum Gasteiger partial charge on any atom is -0.311 e. The highest BCUT2D eigenvalue weighted by molar-refractivity contribution is 4.94. The fraction of sp³-hybridized carbons (Fsp3) is 1.00.